The van der Waals surface area contributed by atoms with Gasteiger partial charge in [-0.2, -0.15) is 4.72 Å². The monoisotopic (exact) mass is 630 g/mol. The van der Waals surface area contributed by atoms with Crippen LogP contribution in [0.3, 0.4) is 0 Å². The molecule has 3 N–H and O–H groups in total. The fourth-order valence-corrected chi connectivity index (χ4v) is 8.96. The minimum Gasteiger partial charge on any atom is -0.396 e. The van der Waals surface area contributed by atoms with E-state index in [1.165, 1.54) is 11.3 Å². The summed E-state index contributed by atoms with van der Waals surface area (Å²) in [5.41, 5.74) is 3.08. The van der Waals surface area contributed by atoms with Crippen molar-refractivity contribution in [1.29, 1.82) is 0 Å². The summed E-state index contributed by atoms with van der Waals surface area (Å²) >= 11 is 1.46. The molecule has 0 saturated carbocycles. The Morgan fingerprint density at radius 2 is 1.98 bits per heavy atom. The average molecular weight is 631 g/mol. The number of halogens is 1. The van der Waals surface area contributed by atoms with E-state index in [0.29, 0.717) is 56.0 Å². The smallest absolute Gasteiger partial charge is 0.243 e. The van der Waals surface area contributed by atoms with Crippen LogP contribution < -0.4 is 10.0 Å². The number of thiazole rings is 1. The Kier molecular flexibility index (Phi) is 10.0. The van der Waals surface area contributed by atoms with E-state index in [1.807, 2.05) is 30.3 Å². The number of hydrogen-bond acceptors (Lipinski definition) is 7. The third-order valence-corrected chi connectivity index (χ3v) is 11.9. The molecule has 1 saturated heterocycles. The van der Waals surface area contributed by atoms with E-state index in [-0.39, 0.29) is 41.8 Å². The Morgan fingerprint density at radius 3 is 2.65 bits per heavy atom. The van der Waals surface area contributed by atoms with Crippen LogP contribution in [0.2, 0.25) is 0 Å². The van der Waals surface area contributed by atoms with E-state index in [9.17, 15) is 22.7 Å². The summed E-state index contributed by atoms with van der Waals surface area (Å²) in [5, 5.41) is 13.8. The molecule has 0 unspecified atom stereocenters. The van der Waals surface area contributed by atoms with Gasteiger partial charge in [-0.25, -0.2) is 13.4 Å². The molecule has 3 heterocycles. The van der Waals surface area contributed by atoms with Gasteiger partial charge in [0.1, 0.15) is 10.9 Å². The number of piperidine rings is 1. The number of amides is 1. The minimum atomic E-state index is -4.16. The van der Waals surface area contributed by atoms with Crippen LogP contribution in [-0.4, -0.2) is 68.3 Å². The molecular formula is C32H43FN4O4S2. The summed E-state index contributed by atoms with van der Waals surface area (Å²) in [4.78, 5) is 20.5. The second kappa shape index (κ2) is 13.6. The number of fused-ring (bicyclic) bond motifs is 2. The summed E-state index contributed by atoms with van der Waals surface area (Å²) in [6, 6.07) is 10.3. The highest BCUT2D eigenvalue weighted by Crippen LogP contribution is 2.41. The number of benzene rings is 2. The number of sulfonamides is 1. The Balaban J connectivity index is 1.48. The number of rotatable bonds is 12. The van der Waals surface area contributed by atoms with E-state index < -0.39 is 16.1 Å². The van der Waals surface area contributed by atoms with Crippen LogP contribution in [0.4, 0.5) is 10.1 Å². The van der Waals surface area contributed by atoms with Gasteiger partial charge in [0.15, 0.2) is 0 Å². The van der Waals surface area contributed by atoms with Gasteiger partial charge in [-0.3, -0.25) is 9.18 Å². The number of aromatic nitrogens is 1. The maximum atomic E-state index is 14.2. The SMILES string of the molecule is CCC1(CC)CNc2c(cc(CCO)cc2S(=O)(=O)N[C@@H](Cc2nc3ccccc3s2)C(=O)N2CCC(CCF)CC2)C1. The summed E-state index contributed by atoms with van der Waals surface area (Å²) in [6.45, 7) is 5.46. The molecule has 43 heavy (non-hydrogen) atoms. The van der Waals surface area contributed by atoms with Crippen molar-refractivity contribution < 1.29 is 22.7 Å². The predicted molar refractivity (Wildman–Crippen MR) is 170 cm³/mol. The number of para-hydroxylation sites is 1. The average Bonchev–Trinajstić information content (AvgIpc) is 3.42. The Bertz CT molecular complexity index is 1500. The molecular weight excluding hydrogens is 588 g/mol. The third-order valence-electron chi connectivity index (χ3n) is 9.40. The highest BCUT2D eigenvalue weighted by molar-refractivity contribution is 7.89. The first kappa shape index (κ1) is 31.8. The van der Waals surface area contributed by atoms with Crippen LogP contribution in [0.5, 0.6) is 0 Å². The van der Waals surface area contributed by atoms with Gasteiger partial charge >= 0.3 is 0 Å². The lowest BCUT2D eigenvalue weighted by molar-refractivity contribution is -0.134. The standard InChI is InChI=1S/C32H43FN4O4S2/c1-3-32(4-2)20-24-17-23(12-16-38)18-28(30(24)34-21-32)43(40,41)36-26(19-29-35-25-7-5-6-8-27(25)42-29)31(39)37-14-10-22(9-13-33)11-15-37/h5-8,17-18,22,26,34,36,38H,3-4,9-16,19-21H2,1-2H3/t26-/m0/s1. The van der Waals surface area contributed by atoms with Gasteiger partial charge in [-0.15, -0.1) is 11.3 Å². The molecule has 11 heteroatoms. The molecule has 2 aromatic carbocycles. The molecule has 3 aromatic rings. The second-order valence-electron chi connectivity index (χ2n) is 12.0. The van der Waals surface area contributed by atoms with Crippen LogP contribution in [-0.2, 0) is 34.1 Å². The van der Waals surface area contributed by atoms with Gasteiger partial charge in [0.05, 0.1) is 27.6 Å². The molecule has 0 aliphatic carbocycles. The molecule has 2 aliphatic heterocycles. The van der Waals surface area contributed by atoms with Crippen molar-refractivity contribution in [2.24, 2.45) is 11.3 Å². The number of anilines is 1. The van der Waals surface area contributed by atoms with Crippen molar-refractivity contribution >= 4 is 43.2 Å². The highest BCUT2D eigenvalue weighted by Gasteiger charge is 2.37. The van der Waals surface area contributed by atoms with Gasteiger partial charge < -0.3 is 15.3 Å². The molecule has 5 rings (SSSR count). The lowest BCUT2D eigenvalue weighted by Crippen LogP contribution is -2.51. The first-order valence-electron chi connectivity index (χ1n) is 15.4. The molecule has 0 radical (unpaired) electrons. The van der Waals surface area contributed by atoms with Crippen LogP contribution >= 0.6 is 11.3 Å². The zero-order chi connectivity index (χ0) is 30.6. The second-order valence-corrected chi connectivity index (χ2v) is 14.8. The molecule has 234 valence electrons. The molecule has 0 bridgehead atoms. The molecule has 1 fully saturated rings. The summed E-state index contributed by atoms with van der Waals surface area (Å²) in [5.74, 6) is -0.0514. The number of nitrogens with one attached hydrogen (secondary N) is 2. The van der Waals surface area contributed by atoms with Crippen LogP contribution in [0.1, 0.15) is 62.1 Å². The third kappa shape index (κ3) is 7.05. The summed E-state index contributed by atoms with van der Waals surface area (Å²) in [7, 11) is -4.16. The van der Waals surface area contributed by atoms with Gasteiger partial charge in [0.2, 0.25) is 15.9 Å². The number of aliphatic hydroxyl groups is 1. The van der Waals surface area contributed by atoms with Gasteiger partial charge in [-0.05, 0) is 85.6 Å². The van der Waals surface area contributed by atoms with E-state index >= 15 is 0 Å². The quantitative estimate of drug-likeness (QED) is 0.257. The molecule has 0 spiro atoms. The maximum absolute atomic E-state index is 14.2. The topological polar surface area (TPSA) is 112 Å². The van der Waals surface area contributed by atoms with Crippen LogP contribution in [0.25, 0.3) is 10.2 Å². The number of likely N-dealkylation sites (tertiary alicyclic amines) is 1. The molecule has 2 aliphatic rings. The first-order valence-corrected chi connectivity index (χ1v) is 17.7. The van der Waals surface area contributed by atoms with Crippen molar-refractivity contribution in [2.45, 2.75) is 76.2 Å². The number of nitrogens with zero attached hydrogens (tertiary/aromatic N) is 2. The van der Waals surface area contributed by atoms with Crippen molar-refractivity contribution in [2.75, 3.05) is 38.2 Å². The Morgan fingerprint density at radius 1 is 1.23 bits per heavy atom. The van der Waals surface area contributed by atoms with E-state index in [0.717, 1.165) is 40.6 Å². The lowest BCUT2D eigenvalue weighted by atomic mass is 9.74. The number of carbonyl (C=O) groups is 1. The molecule has 1 aromatic heterocycles. The van der Waals surface area contributed by atoms with E-state index in [2.05, 4.69) is 23.9 Å². The van der Waals surface area contributed by atoms with E-state index in [1.54, 1.807) is 11.0 Å². The first-order chi connectivity index (χ1) is 20.7. The van der Waals surface area contributed by atoms with Crippen molar-refractivity contribution in [3.05, 3.63) is 52.5 Å². The molecule has 8 nitrogen and oxygen atoms in total. The number of hydrogen-bond donors (Lipinski definition) is 3. The normalized spacial score (nSPS) is 17.9. The number of aliphatic hydroxyl groups excluding tert-OH is 1. The van der Waals surface area contributed by atoms with E-state index in [4.69, 9.17) is 4.98 Å². The van der Waals surface area contributed by atoms with Crippen molar-refractivity contribution in [3.63, 3.8) is 0 Å². The van der Waals surface area contributed by atoms with Crippen molar-refractivity contribution in [3.8, 4) is 0 Å². The number of carbonyl (C=O) groups excluding carboxylic acids is 1. The zero-order valence-electron chi connectivity index (χ0n) is 25.1. The Hall–Kier alpha value is -2.60. The highest BCUT2D eigenvalue weighted by atomic mass is 32.2. The Labute approximate surface area is 258 Å². The molecule has 1 amide bonds. The number of alkyl halides is 1. The van der Waals surface area contributed by atoms with Gasteiger partial charge in [-0.1, -0.05) is 32.0 Å². The van der Waals surface area contributed by atoms with Gasteiger partial charge in [0.25, 0.3) is 0 Å². The van der Waals surface area contributed by atoms with Crippen LogP contribution in [0.15, 0.2) is 41.3 Å². The summed E-state index contributed by atoms with van der Waals surface area (Å²) in [6.07, 6.45) is 5.02. The fraction of sp³-hybridized carbons (Fsp3) is 0.562. The summed E-state index contributed by atoms with van der Waals surface area (Å²) < 4.78 is 45.1. The molecule has 1 atom stereocenters. The largest absolute Gasteiger partial charge is 0.396 e. The minimum absolute atomic E-state index is 0.0267. The van der Waals surface area contributed by atoms with Crippen LogP contribution in [0, 0.1) is 11.3 Å². The predicted octanol–water partition coefficient (Wildman–Crippen LogP) is 5.09. The lowest BCUT2D eigenvalue weighted by Gasteiger charge is -2.39. The zero-order valence-corrected chi connectivity index (χ0v) is 26.7. The fourth-order valence-electron chi connectivity index (χ4n) is 6.48. The van der Waals surface area contributed by atoms with Crippen molar-refractivity contribution in [1.82, 2.24) is 14.6 Å². The maximum Gasteiger partial charge on any atom is 0.243 e. The van der Waals surface area contributed by atoms with Gasteiger partial charge in [0, 0.05) is 32.7 Å².